The van der Waals surface area contributed by atoms with Crippen LogP contribution in [0.5, 0.6) is 5.75 Å². The number of aliphatic hydroxyl groups excluding tert-OH is 1. The molecule has 3 aliphatic heterocycles. The number of aromatic hydroxyl groups is 1. The van der Waals surface area contributed by atoms with E-state index >= 15 is 0 Å². The van der Waals surface area contributed by atoms with Gasteiger partial charge < -0.3 is 20.3 Å². The van der Waals surface area contributed by atoms with E-state index in [0.29, 0.717) is 12.0 Å². The number of rotatable bonds is 2. The first-order valence-electron chi connectivity index (χ1n) is 9.46. The zero-order valence-corrected chi connectivity index (χ0v) is 15.5. The van der Waals surface area contributed by atoms with Gasteiger partial charge in [0.25, 0.3) is 0 Å². The SMILES string of the molecule is COC(=O)C1=C2Nc3cc(O)ccc3C23CCN2CC=CC(C(C)O)(C1)C23. The number of anilines is 1. The first-order chi connectivity index (χ1) is 12.9. The van der Waals surface area contributed by atoms with Crippen LogP contribution in [0.1, 0.15) is 25.3 Å². The largest absolute Gasteiger partial charge is 0.508 e. The van der Waals surface area contributed by atoms with Crippen molar-refractivity contribution in [2.24, 2.45) is 5.41 Å². The predicted molar refractivity (Wildman–Crippen MR) is 100 cm³/mol. The maximum absolute atomic E-state index is 12.7. The minimum absolute atomic E-state index is 0.0525. The van der Waals surface area contributed by atoms with Crippen LogP contribution in [0.15, 0.2) is 41.6 Å². The van der Waals surface area contributed by atoms with E-state index in [1.165, 1.54) is 7.11 Å². The highest BCUT2D eigenvalue weighted by Gasteiger charge is 2.67. The van der Waals surface area contributed by atoms with Crippen LogP contribution in [-0.4, -0.2) is 53.4 Å². The van der Waals surface area contributed by atoms with Gasteiger partial charge in [0.2, 0.25) is 0 Å². The van der Waals surface area contributed by atoms with E-state index in [1.54, 1.807) is 12.1 Å². The molecule has 0 aromatic heterocycles. The van der Waals surface area contributed by atoms with Crippen LogP contribution < -0.4 is 5.32 Å². The third-order valence-electron chi connectivity index (χ3n) is 7.09. The lowest BCUT2D eigenvalue weighted by Gasteiger charge is -2.55. The molecule has 0 radical (unpaired) electrons. The lowest BCUT2D eigenvalue weighted by Crippen LogP contribution is -2.62. The van der Waals surface area contributed by atoms with Crippen LogP contribution in [0, 0.1) is 5.41 Å². The highest BCUT2D eigenvalue weighted by Crippen LogP contribution is 2.64. The van der Waals surface area contributed by atoms with Gasteiger partial charge in [-0.2, -0.15) is 0 Å². The van der Waals surface area contributed by atoms with E-state index in [-0.39, 0.29) is 17.8 Å². The molecule has 1 spiro atoms. The standard InChI is InChI=1S/C21H24N2O4/c1-12(24)20-6-3-8-23-9-7-21(19(20)23)15-5-4-13(25)10-16(15)22-17(21)14(11-20)18(26)27-2/h3-6,10,12,19,22,24-25H,7-9,11H2,1-2H3. The number of phenols is 1. The fourth-order valence-electron chi connectivity index (χ4n) is 6.05. The Morgan fingerprint density at radius 2 is 2.26 bits per heavy atom. The second-order valence-electron chi connectivity index (χ2n) is 8.19. The van der Waals surface area contributed by atoms with E-state index in [9.17, 15) is 15.0 Å². The number of nitrogens with one attached hydrogen (secondary N) is 1. The monoisotopic (exact) mass is 368 g/mol. The number of aliphatic hydroxyl groups is 1. The van der Waals surface area contributed by atoms with Gasteiger partial charge in [-0.3, -0.25) is 4.90 Å². The van der Waals surface area contributed by atoms with Crippen molar-refractivity contribution < 1.29 is 19.7 Å². The summed E-state index contributed by atoms with van der Waals surface area (Å²) in [6.07, 6.45) is 4.90. The third-order valence-corrected chi connectivity index (χ3v) is 7.09. The number of hydrogen-bond acceptors (Lipinski definition) is 6. The molecule has 5 rings (SSSR count). The van der Waals surface area contributed by atoms with Crippen molar-refractivity contribution >= 4 is 11.7 Å². The Bertz CT molecular complexity index is 905. The van der Waals surface area contributed by atoms with E-state index < -0.39 is 16.9 Å². The number of phenolic OH excluding ortho intramolecular Hbond substituents is 1. The molecular weight excluding hydrogens is 344 g/mol. The Kier molecular flexibility index (Phi) is 3.34. The molecular formula is C21H24N2O4. The van der Waals surface area contributed by atoms with Crippen molar-refractivity contribution in [2.45, 2.75) is 37.3 Å². The van der Waals surface area contributed by atoms with Gasteiger partial charge in [-0.15, -0.1) is 0 Å². The average molecular weight is 368 g/mol. The normalized spacial score (nSPS) is 34.6. The molecule has 1 saturated heterocycles. The number of ether oxygens (including phenoxy) is 1. The molecule has 1 aromatic carbocycles. The van der Waals surface area contributed by atoms with E-state index in [4.69, 9.17) is 4.74 Å². The first kappa shape index (κ1) is 16.8. The molecule has 1 aromatic rings. The van der Waals surface area contributed by atoms with Gasteiger partial charge >= 0.3 is 5.97 Å². The highest BCUT2D eigenvalue weighted by molar-refractivity contribution is 5.93. The molecule has 27 heavy (non-hydrogen) atoms. The maximum Gasteiger partial charge on any atom is 0.335 e. The second-order valence-corrected chi connectivity index (χ2v) is 8.19. The summed E-state index contributed by atoms with van der Waals surface area (Å²) in [5.74, 6) is -0.165. The lowest BCUT2D eigenvalue weighted by molar-refractivity contribution is -0.137. The van der Waals surface area contributed by atoms with E-state index in [1.807, 2.05) is 13.0 Å². The minimum atomic E-state index is -0.612. The van der Waals surface area contributed by atoms with Crippen LogP contribution in [-0.2, 0) is 14.9 Å². The van der Waals surface area contributed by atoms with Crippen LogP contribution in [0.3, 0.4) is 0 Å². The smallest absolute Gasteiger partial charge is 0.335 e. The number of nitrogens with zero attached hydrogens (tertiary/aromatic N) is 1. The summed E-state index contributed by atoms with van der Waals surface area (Å²) in [4.78, 5) is 15.2. The van der Waals surface area contributed by atoms with Gasteiger partial charge in [0, 0.05) is 42.0 Å². The van der Waals surface area contributed by atoms with Crippen molar-refractivity contribution in [1.29, 1.82) is 0 Å². The Morgan fingerprint density at radius 1 is 1.44 bits per heavy atom. The Labute approximate surface area is 158 Å². The number of carbonyl (C=O) groups is 1. The number of carbonyl (C=O) groups excluding carboxylic acids is 1. The molecule has 0 amide bonds. The highest BCUT2D eigenvalue weighted by atomic mass is 16.5. The lowest BCUT2D eigenvalue weighted by atomic mass is 9.54. The summed E-state index contributed by atoms with van der Waals surface area (Å²) >= 11 is 0. The third kappa shape index (κ3) is 1.89. The molecule has 6 heteroatoms. The topological polar surface area (TPSA) is 82.0 Å². The fraction of sp³-hybridized carbons (Fsp3) is 0.476. The number of methoxy groups -OCH3 is 1. The van der Waals surface area contributed by atoms with Gasteiger partial charge in [0.15, 0.2) is 0 Å². The Balaban J connectivity index is 1.84. The molecule has 4 atom stereocenters. The molecule has 0 bridgehead atoms. The van der Waals surface area contributed by atoms with Gasteiger partial charge in [0.05, 0.1) is 24.2 Å². The quantitative estimate of drug-likeness (QED) is 0.546. The molecule has 1 aliphatic carbocycles. The number of hydrogen-bond donors (Lipinski definition) is 3. The number of fused-ring (bicyclic) bond motifs is 1. The molecule has 0 saturated carbocycles. The molecule has 4 aliphatic rings. The maximum atomic E-state index is 12.7. The second kappa shape index (κ2) is 5.36. The van der Waals surface area contributed by atoms with Gasteiger partial charge in [-0.1, -0.05) is 18.2 Å². The minimum Gasteiger partial charge on any atom is -0.508 e. The van der Waals surface area contributed by atoms with Crippen molar-refractivity contribution in [3.63, 3.8) is 0 Å². The summed E-state index contributed by atoms with van der Waals surface area (Å²) in [5, 5.41) is 24.3. The molecule has 6 nitrogen and oxygen atoms in total. The summed E-state index contributed by atoms with van der Waals surface area (Å²) in [7, 11) is 1.40. The van der Waals surface area contributed by atoms with Crippen molar-refractivity contribution in [3.8, 4) is 5.75 Å². The summed E-state index contributed by atoms with van der Waals surface area (Å²) in [6.45, 7) is 3.55. The van der Waals surface area contributed by atoms with E-state index in [0.717, 1.165) is 36.5 Å². The van der Waals surface area contributed by atoms with Crippen LogP contribution >= 0.6 is 0 Å². The first-order valence-corrected chi connectivity index (χ1v) is 9.46. The summed E-state index contributed by atoms with van der Waals surface area (Å²) < 4.78 is 5.12. The van der Waals surface area contributed by atoms with Crippen LogP contribution in [0.2, 0.25) is 0 Å². The van der Waals surface area contributed by atoms with Gasteiger partial charge in [-0.25, -0.2) is 4.79 Å². The van der Waals surface area contributed by atoms with Gasteiger partial charge in [0.1, 0.15) is 5.75 Å². The van der Waals surface area contributed by atoms with Crippen LogP contribution in [0.4, 0.5) is 5.69 Å². The predicted octanol–water partition coefficient (Wildman–Crippen LogP) is 1.90. The Morgan fingerprint density at radius 3 is 3.00 bits per heavy atom. The summed E-state index contributed by atoms with van der Waals surface area (Å²) in [6, 6.07) is 5.43. The summed E-state index contributed by atoms with van der Waals surface area (Å²) in [5.41, 5.74) is 2.44. The molecule has 1 fully saturated rings. The van der Waals surface area contributed by atoms with Crippen LogP contribution in [0.25, 0.3) is 0 Å². The Hall–Kier alpha value is -2.31. The van der Waals surface area contributed by atoms with E-state index in [2.05, 4.69) is 22.4 Å². The zero-order valence-electron chi connectivity index (χ0n) is 15.5. The fourth-order valence-corrected chi connectivity index (χ4v) is 6.05. The van der Waals surface area contributed by atoms with Gasteiger partial charge in [-0.05, 0) is 31.4 Å². The molecule has 4 unspecified atom stereocenters. The molecule has 142 valence electrons. The number of esters is 1. The molecule has 3 N–H and O–H groups in total. The average Bonchev–Trinajstić information content (AvgIpc) is 3.20. The number of benzene rings is 1. The van der Waals surface area contributed by atoms with Crippen molar-refractivity contribution in [3.05, 3.63) is 47.2 Å². The van der Waals surface area contributed by atoms with Crippen molar-refractivity contribution in [2.75, 3.05) is 25.5 Å². The zero-order chi connectivity index (χ0) is 19.0. The molecule has 3 heterocycles. The van der Waals surface area contributed by atoms with Crippen molar-refractivity contribution in [1.82, 2.24) is 4.90 Å².